The van der Waals surface area contributed by atoms with Crippen LogP contribution in [0.5, 0.6) is 5.75 Å². The van der Waals surface area contributed by atoms with E-state index >= 15 is 0 Å². The fraction of sp³-hybridized carbons (Fsp3) is 0.147. The summed E-state index contributed by atoms with van der Waals surface area (Å²) in [6.45, 7) is 0. The summed E-state index contributed by atoms with van der Waals surface area (Å²) in [6, 6.07) is 27.3. The summed E-state index contributed by atoms with van der Waals surface area (Å²) in [5, 5.41) is 3.33. The average Bonchev–Trinajstić information content (AvgIpc) is 3.49. The Hall–Kier alpha value is -4.68. The van der Waals surface area contributed by atoms with Crippen LogP contribution in [-0.4, -0.2) is 35.5 Å². The zero-order chi connectivity index (χ0) is 28.3. The van der Waals surface area contributed by atoms with Crippen LogP contribution in [-0.2, 0) is 10.2 Å². The Labute approximate surface area is 242 Å². The third-order valence-corrected chi connectivity index (χ3v) is 8.96. The van der Waals surface area contributed by atoms with E-state index in [0.717, 1.165) is 11.1 Å². The summed E-state index contributed by atoms with van der Waals surface area (Å²) < 4.78 is 5.30. The summed E-state index contributed by atoms with van der Waals surface area (Å²) >= 11 is 6.59. The number of Topliss-reactive ketones (excluding diaryl/α,β-unsaturated/α-hetero) is 2. The Balaban J connectivity index is 1.53. The number of ketones is 2. The van der Waals surface area contributed by atoms with Crippen LogP contribution in [0.1, 0.15) is 43.4 Å². The summed E-state index contributed by atoms with van der Waals surface area (Å²) in [6.07, 6.45) is 3.80. The number of amides is 1. The van der Waals surface area contributed by atoms with Crippen LogP contribution in [0, 0.1) is 5.92 Å². The molecule has 0 saturated carbocycles. The van der Waals surface area contributed by atoms with Gasteiger partial charge in [-0.2, -0.15) is 0 Å². The van der Waals surface area contributed by atoms with Crippen molar-refractivity contribution < 1.29 is 19.1 Å². The molecule has 4 atom stereocenters. The Morgan fingerprint density at radius 2 is 1.59 bits per heavy atom. The molecule has 3 heterocycles. The fourth-order valence-corrected chi connectivity index (χ4v) is 7.15. The number of nitrogens with one attached hydrogen (secondary N) is 1. The van der Waals surface area contributed by atoms with Gasteiger partial charge in [0.05, 0.1) is 24.1 Å². The average molecular weight is 561 g/mol. The zero-order valence-electron chi connectivity index (χ0n) is 22.1. The van der Waals surface area contributed by atoms with Crippen molar-refractivity contribution in [2.75, 3.05) is 12.4 Å². The molecular formula is C34H25ClN2O4. The predicted molar refractivity (Wildman–Crippen MR) is 157 cm³/mol. The molecule has 4 aromatic carbocycles. The maximum absolute atomic E-state index is 14.8. The van der Waals surface area contributed by atoms with Crippen molar-refractivity contribution in [2.24, 2.45) is 5.92 Å². The van der Waals surface area contributed by atoms with Crippen molar-refractivity contribution in [3.8, 4) is 5.75 Å². The van der Waals surface area contributed by atoms with E-state index in [1.54, 1.807) is 55.6 Å². The number of rotatable bonds is 5. The molecule has 7 rings (SSSR count). The molecule has 0 radical (unpaired) electrons. The van der Waals surface area contributed by atoms with Crippen LogP contribution < -0.4 is 10.1 Å². The lowest BCUT2D eigenvalue weighted by molar-refractivity contribution is -0.122. The molecule has 1 amide bonds. The normalized spacial score (nSPS) is 23.5. The van der Waals surface area contributed by atoms with Gasteiger partial charge in [0.15, 0.2) is 11.6 Å². The summed E-state index contributed by atoms with van der Waals surface area (Å²) in [5.41, 5.74) is 2.44. The number of hydrogen-bond donors (Lipinski definition) is 1. The minimum absolute atomic E-state index is 0.263. The van der Waals surface area contributed by atoms with Crippen molar-refractivity contribution >= 4 is 40.8 Å². The van der Waals surface area contributed by atoms with Crippen LogP contribution in [0.3, 0.4) is 0 Å². The lowest BCUT2D eigenvalue weighted by Gasteiger charge is -2.38. The number of anilines is 1. The number of carbonyl (C=O) groups excluding carboxylic acids is 3. The van der Waals surface area contributed by atoms with Crippen LogP contribution in [0.25, 0.3) is 6.08 Å². The van der Waals surface area contributed by atoms with Gasteiger partial charge in [0.2, 0.25) is 5.91 Å². The Morgan fingerprint density at radius 1 is 0.878 bits per heavy atom. The van der Waals surface area contributed by atoms with Gasteiger partial charge in [-0.25, -0.2) is 0 Å². The Morgan fingerprint density at radius 3 is 2.37 bits per heavy atom. The highest BCUT2D eigenvalue weighted by molar-refractivity contribution is 6.34. The third kappa shape index (κ3) is 3.54. The molecule has 7 heteroatoms. The van der Waals surface area contributed by atoms with Crippen molar-refractivity contribution in [1.82, 2.24) is 4.90 Å². The topological polar surface area (TPSA) is 75.7 Å². The second kappa shape index (κ2) is 9.46. The maximum Gasteiger partial charge on any atom is 0.238 e. The zero-order valence-corrected chi connectivity index (χ0v) is 22.8. The SMILES string of the molecule is COc1ccc(C(=O)[C@@H]2[C@H](C(=O)c3ccccc3Cl)[C@@]3(C(=O)Nc4ccccc43)[C@H]3c4ccccc4C=CN23)cc1. The molecule has 0 aliphatic carbocycles. The third-order valence-electron chi connectivity index (χ3n) is 8.64. The van der Waals surface area contributed by atoms with Gasteiger partial charge in [-0.05, 0) is 65.2 Å². The van der Waals surface area contributed by atoms with Crippen LogP contribution in [0.2, 0.25) is 5.02 Å². The highest BCUT2D eigenvalue weighted by Crippen LogP contribution is 2.62. The fourth-order valence-electron chi connectivity index (χ4n) is 6.92. The molecule has 1 fully saturated rings. The molecular weight excluding hydrogens is 536 g/mol. The lowest BCUT2D eigenvalue weighted by Crippen LogP contribution is -2.49. The minimum atomic E-state index is -1.40. The second-order valence-corrected chi connectivity index (χ2v) is 10.9. The summed E-state index contributed by atoms with van der Waals surface area (Å²) in [7, 11) is 1.56. The second-order valence-electron chi connectivity index (χ2n) is 10.5. The molecule has 202 valence electrons. The van der Waals surface area contributed by atoms with E-state index in [4.69, 9.17) is 16.3 Å². The molecule has 0 unspecified atom stereocenters. The first kappa shape index (κ1) is 25.3. The van der Waals surface area contributed by atoms with Gasteiger partial charge in [0, 0.05) is 23.0 Å². The molecule has 4 aromatic rings. The molecule has 41 heavy (non-hydrogen) atoms. The number of benzene rings is 4. The largest absolute Gasteiger partial charge is 0.497 e. The molecule has 0 aromatic heterocycles. The molecule has 1 N–H and O–H groups in total. The van der Waals surface area contributed by atoms with Gasteiger partial charge in [-0.3, -0.25) is 14.4 Å². The number of para-hydroxylation sites is 1. The number of nitrogens with zero attached hydrogens (tertiary/aromatic N) is 1. The Kier molecular flexibility index (Phi) is 5.84. The van der Waals surface area contributed by atoms with Crippen molar-refractivity contribution in [1.29, 1.82) is 0 Å². The van der Waals surface area contributed by atoms with Crippen molar-refractivity contribution in [3.63, 3.8) is 0 Å². The monoisotopic (exact) mass is 560 g/mol. The van der Waals surface area contributed by atoms with Crippen molar-refractivity contribution in [2.45, 2.75) is 17.5 Å². The quantitative estimate of drug-likeness (QED) is 0.289. The Bertz CT molecular complexity index is 1760. The van der Waals surface area contributed by atoms with Gasteiger partial charge in [-0.1, -0.05) is 66.2 Å². The predicted octanol–water partition coefficient (Wildman–Crippen LogP) is 6.33. The number of hydrogen-bond acceptors (Lipinski definition) is 5. The van der Waals surface area contributed by atoms with Gasteiger partial charge >= 0.3 is 0 Å². The van der Waals surface area contributed by atoms with E-state index in [-0.39, 0.29) is 28.1 Å². The van der Waals surface area contributed by atoms with Gasteiger partial charge < -0.3 is 15.0 Å². The smallest absolute Gasteiger partial charge is 0.238 e. The number of ether oxygens (including phenoxy) is 1. The standard InChI is InChI=1S/C34H25ClN2O4/c1-41-22-16-14-21(15-17-22)30(38)29-28(31(39)24-10-4-6-12-26(24)35)34(25-11-5-7-13-27(25)36-33(34)40)32-23-9-3-2-8-20(23)18-19-37(29)32/h2-19,28-29,32H,1H3,(H,36,40)/t28-,29+,32-,34-/m1/s1. The van der Waals surface area contributed by atoms with Crippen LogP contribution >= 0.6 is 11.6 Å². The first-order valence-corrected chi connectivity index (χ1v) is 13.8. The highest BCUT2D eigenvalue weighted by Gasteiger charge is 2.70. The van der Waals surface area contributed by atoms with Gasteiger partial charge in [0.25, 0.3) is 0 Å². The van der Waals surface area contributed by atoms with E-state index in [0.29, 0.717) is 22.6 Å². The van der Waals surface area contributed by atoms with E-state index in [1.165, 1.54) is 0 Å². The molecule has 0 bridgehead atoms. The van der Waals surface area contributed by atoms with Crippen LogP contribution in [0.15, 0.2) is 103 Å². The number of fused-ring (bicyclic) bond motifs is 6. The minimum Gasteiger partial charge on any atom is -0.497 e. The van der Waals surface area contributed by atoms with E-state index in [9.17, 15) is 14.4 Å². The maximum atomic E-state index is 14.8. The number of methoxy groups -OCH3 is 1. The van der Waals surface area contributed by atoms with Gasteiger partial charge in [0.1, 0.15) is 17.2 Å². The molecule has 3 aliphatic heterocycles. The number of carbonyl (C=O) groups is 3. The summed E-state index contributed by atoms with van der Waals surface area (Å²) in [5.74, 6) is -1.40. The molecule has 1 saturated heterocycles. The first-order chi connectivity index (χ1) is 20.0. The highest BCUT2D eigenvalue weighted by atomic mass is 35.5. The van der Waals surface area contributed by atoms with Gasteiger partial charge in [-0.15, -0.1) is 0 Å². The van der Waals surface area contributed by atoms with E-state index in [1.807, 2.05) is 65.7 Å². The first-order valence-electron chi connectivity index (χ1n) is 13.4. The number of halogens is 1. The van der Waals surface area contributed by atoms with E-state index < -0.39 is 23.4 Å². The lowest BCUT2D eigenvalue weighted by atomic mass is 9.62. The molecule has 6 nitrogen and oxygen atoms in total. The summed E-state index contributed by atoms with van der Waals surface area (Å²) in [4.78, 5) is 45.7. The van der Waals surface area contributed by atoms with E-state index in [2.05, 4.69) is 5.32 Å². The molecule has 3 aliphatic rings. The van der Waals surface area contributed by atoms with Crippen molar-refractivity contribution in [3.05, 3.63) is 136 Å². The molecule has 1 spiro atoms. The van der Waals surface area contributed by atoms with Crippen LogP contribution in [0.4, 0.5) is 5.69 Å².